The summed E-state index contributed by atoms with van der Waals surface area (Å²) in [6, 6.07) is 8.05. The van der Waals surface area contributed by atoms with Crippen LogP contribution < -0.4 is 4.90 Å². The quantitative estimate of drug-likeness (QED) is 0.839. The van der Waals surface area contributed by atoms with E-state index in [2.05, 4.69) is 26.9 Å². The molecule has 0 N–H and O–H groups in total. The summed E-state index contributed by atoms with van der Waals surface area (Å²) < 4.78 is 26.7. The summed E-state index contributed by atoms with van der Waals surface area (Å²) >= 11 is 3.54. The first-order valence-corrected chi connectivity index (χ1v) is 8.92. The molecule has 1 aliphatic heterocycles. The third-order valence-corrected chi connectivity index (χ3v) is 6.03. The first-order valence-electron chi connectivity index (χ1n) is 6.52. The van der Waals surface area contributed by atoms with Crippen molar-refractivity contribution in [2.24, 2.45) is 0 Å². The highest BCUT2D eigenvalue weighted by Crippen LogP contribution is 2.26. The summed E-state index contributed by atoms with van der Waals surface area (Å²) in [6.07, 6.45) is 0.673. The van der Waals surface area contributed by atoms with Gasteiger partial charge in [0.2, 0.25) is 10.0 Å². The number of benzene rings is 1. The molecule has 1 fully saturated rings. The second-order valence-corrected chi connectivity index (χ2v) is 7.60. The molecule has 0 aromatic heterocycles. The van der Waals surface area contributed by atoms with Gasteiger partial charge in [-0.3, -0.25) is 0 Å². The van der Waals surface area contributed by atoms with Crippen LogP contribution in [-0.2, 0) is 10.0 Å². The molecule has 1 aromatic rings. The van der Waals surface area contributed by atoms with Crippen LogP contribution in [0.5, 0.6) is 0 Å². The Morgan fingerprint density at radius 3 is 2.37 bits per heavy atom. The Kier molecular flexibility index (Phi) is 4.86. The van der Waals surface area contributed by atoms with Crippen molar-refractivity contribution >= 4 is 31.6 Å². The van der Waals surface area contributed by atoms with Crippen molar-refractivity contribution in [2.75, 3.05) is 36.8 Å². The standard InChI is InChI=1S/C13H19BrN2O2S/c1-2-11-19(17,18)16-9-7-15(8-10-16)13-6-4-3-5-12(13)14/h3-6H,2,7-11H2,1H3. The molecular weight excluding hydrogens is 328 g/mol. The maximum atomic E-state index is 12.0. The molecule has 19 heavy (non-hydrogen) atoms. The highest BCUT2D eigenvalue weighted by molar-refractivity contribution is 9.10. The van der Waals surface area contributed by atoms with Gasteiger partial charge in [0.25, 0.3) is 0 Å². The lowest BCUT2D eigenvalue weighted by Gasteiger charge is -2.35. The number of nitrogens with zero attached hydrogens (tertiary/aromatic N) is 2. The summed E-state index contributed by atoms with van der Waals surface area (Å²) in [7, 11) is -3.05. The minimum Gasteiger partial charge on any atom is -0.368 e. The summed E-state index contributed by atoms with van der Waals surface area (Å²) in [5.41, 5.74) is 1.13. The zero-order chi connectivity index (χ0) is 13.9. The van der Waals surface area contributed by atoms with Gasteiger partial charge in [-0.25, -0.2) is 8.42 Å². The second-order valence-electron chi connectivity index (χ2n) is 4.65. The number of hydrogen-bond acceptors (Lipinski definition) is 3. The monoisotopic (exact) mass is 346 g/mol. The Balaban J connectivity index is 2.02. The van der Waals surface area contributed by atoms with E-state index in [1.54, 1.807) is 4.31 Å². The van der Waals surface area contributed by atoms with Crippen LogP contribution in [-0.4, -0.2) is 44.7 Å². The number of sulfonamides is 1. The van der Waals surface area contributed by atoms with Crippen molar-refractivity contribution in [1.82, 2.24) is 4.31 Å². The van der Waals surface area contributed by atoms with Crippen molar-refractivity contribution in [3.63, 3.8) is 0 Å². The molecule has 6 heteroatoms. The predicted molar refractivity (Wildman–Crippen MR) is 82.0 cm³/mol. The van der Waals surface area contributed by atoms with E-state index >= 15 is 0 Å². The van der Waals surface area contributed by atoms with Crippen LogP contribution in [0, 0.1) is 0 Å². The van der Waals surface area contributed by atoms with Gasteiger partial charge in [-0.2, -0.15) is 4.31 Å². The molecule has 0 bridgehead atoms. The van der Waals surface area contributed by atoms with E-state index in [1.165, 1.54) is 0 Å². The average molecular weight is 347 g/mol. The molecule has 0 spiro atoms. The summed E-state index contributed by atoms with van der Waals surface area (Å²) in [5.74, 6) is 0.252. The van der Waals surface area contributed by atoms with Crippen molar-refractivity contribution in [1.29, 1.82) is 0 Å². The van der Waals surface area contributed by atoms with Crippen LogP contribution in [0.25, 0.3) is 0 Å². The Labute approximate surface area is 123 Å². The van der Waals surface area contributed by atoms with Crippen molar-refractivity contribution in [2.45, 2.75) is 13.3 Å². The maximum Gasteiger partial charge on any atom is 0.214 e. The van der Waals surface area contributed by atoms with Crippen LogP contribution in [0.4, 0.5) is 5.69 Å². The largest absolute Gasteiger partial charge is 0.368 e. The van der Waals surface area contributed by atoms with Gasteiger partial charge >= 0.3 is 0 Å². The lowest BCUT2D eigenvalue weighted by Crippen LogP contribution is -2.49. The molecule has 0 radical (unpaired) electrons. The van der Waals surface area contributed by atoms with Gasteiger partial charge in [0.1, 0.15) is 0 Å². The summed E-state index contributed by atoms with van der Waals surface area (Å²) in [4.78, 5) is 2.22. The van der Waals surface area contributed by atoms with E-state index in [0.717, 1.165) is 23.2 Å². The number of rotatable bonds is 4. The predicted octanol–water partition coefficient (Wildman–Crippen LogP) is 2.31. The molecule has 4 nitrogen and oxygen atoms in total. The molecule has 106 valence electrons. The number of halogens is 1. The molecule has 1 saturated heterocycles. The molecule has 1 aromatic carbocycles. The van der Waals surface area contributed by atoms with Crippen LogP contribution >= 0.6 is 15.9 Å². The third kappa shape index (κ3) is 3.49. The van der Waals surface area contributed by atoms with Crippen LogP contribution in [0.3, 0.4) is 0 Å². The highest BCUT2D eigenvalue weighted by Gasteiger charge is 2.26. The second kappa shape index (κ2) is 6.24. The maximum absolute atomic E-state index is 12.0. The molecular formula is C13H19BrN2O2S. The van der Waals surface area contributed by atoms with Gasteiger partial charge in [0.05, 0.1) is 11.4 Å². The summed E-state index contributed by atoms with van der Waals surface area (Å²) in [5, 5.41) is 0. The minimum absolute atomic E-state index is 0.252. The molecule has 0 atom stereocenters. The molecule has 1 heterocycles. The fraction of sp³-hybridized carbons (Fsp3) is 0.538. The molecule has 2 rings (SSSR count). The van der Waals surface area contributed by atoms with E-state index in [-0.39, 0.29) is 5.75 Å². The van der Waals surface area contributed by atoms with Gasteiger partial charge in [-0.05, 0) is 34.5 Å². The van der Waals surface area contributed by atoms with E-state index < -0.39 is 10.0 Å². The van der Waals surface area contributed by atoms with Gasteiger partial charge in [-0.15, -0.1) is 0 Å². The topological polar surface area (TPSA) is 40.6 Å². The Morgan fingerprint density at radius 1 is 1.16 bits per heavy atom. The number of hydrogen-bond donors (Lipinski definition) is 0. The normalized spacial score (nSPS) is 17.7. The average Bonchev–Trinajstić information content (AvgIpc) is 2.39. The lowest BCUT2D eigenvalue weighted by atomic mass is 10.2. The van der Waals surface area contributed by atoms with E-state index in [4.69, 9.17) is 0 Å². The van der Waals surface area contributed by atoms with Gasteiger partial charge in [-0.1, -0.05) is 19.1 Å². The SMILES string of the molecule is CCCS(=O)(=O)N1CCN(c2ccccc2Br)CC1. The molecule has 0 unspecified atom stereocenters. The first-order chi connectivity index (χ1) is 9.04. The fourth-order valence-corrected chi connectivity index (χ4v) is 4.33. The van der Waals surface area contributed by atoms with Crippen LogP contribution in [0.2, 0.25) is 0 Å². The first kappa shape index (κ1) is 14.8. The van der Waals surface area contributed by atoms with Crippen LogP contribution in [0.15, 0.2) is 28.7 Å². The Morgan fingerprint density at radius 2 is 1.79 bits per heavy atom. The number of piperazine rings is 1. The minimum atomic E-state index is -3.05. The number of para-hydroxylation sites is 1. The van der Waals surface area contributed by atoms with Gasteiger partial charge in [0, 0.05) is 30.7 Å². The van der Waals surface area contributed by atoms with Gasteiger partial charge < -0.3 is 4.90 Å². The van der Waals surface area contributed by atoms with Crippen molar-refractivity contribution < 1.29 is 8.42 Å². The highest BCUT2D eigenvalue weighted by atomic mass is 79.9. The molecule has 0 amide bonds. The fourth-order valence-electron chi connectivity index (χ4n) is 2.30. The third-order valence-electron chi connectivity index (χ3n) is 3.29. The summed E-state index contributed by atoms with van der Waals surface area (Å²) in [6.45, 7) is 4.53. The molecule has 0 aliphatic carbocycles. The molecule has 1 aliphatic rings. The smallest absolute Gasteiger partial charge is 0.214 e. The van der Waals surface area contributed by atoms with E-state index in [9.17, 15) is 8.42 Å². The number of anilines is 1. The van der Waals surface area contributed by atoms with Gasteiger partial charge in [0.15, 0.2) is 0 Å². The Bertz CT molecular complexity index is 525. The lowest BCUT2D eigenvalue weighted by molar-refractivity contribution is 0.384. The van der Waals surface area contributed by atoms with Crippen molar-refractivity contribution in [3.8, 4) is 0 Å². The zero-order valence-electron chi connectivity index (χ0n) is 11.0. The van der Waals surface area contributed by atoms with Crippen molar-refractivity contribution in [3.05, 3.63) is 28.7 Å². The molecule has 0 saturated carbocycles. The van der Waals surface area contributed by atoms with Crippen LogP contribution in [0.1, 0.15) is 13.3 Å². The Hall–Kier alpha value is -0.590. The zero-order valence-corrected chi connectivity index (χ0v) is 13.5. The van der Waals surface area contributed by atoms with E-state index in [1.807, 2.05) is 25.1 Å². The van der Waals surface area contributed by atoms with E-state index in [0.29, 0.717) is 19.5 Å².